The normalized spacial score (nSPS) is 10.9. The third kappa shape index (κ3) is 3.88. The van der Waals surface area contributed by atoms with Crippen LogP contribution < -0.4 is 5.32 Å². The third-order valence-electron chi connectivity index (χ3n) is 3.92. The number of aromatic nitrogens is 1. The zero-order chi connectivity index (χ0) is 18.7. The van der Waals surface area contributed by atoms with Gasteiger partial charge in [-0.15, -0.1) is 12.4 Å². The molecule has 1 heterocycles. The molecule has 0 saturated heterocycles. The number of hydrogen-bond donors (Lipinski definition) is 1. The Morgan fingerprint density at radius 1 is 1.15 bits per heavy atom. The van der Waals surface area contributed by atoms with Gasteiger partial charge in [0, 0.05) is 18.3 Å². The molecule has 0 radical (unpaired) electrons. The summed E-state index contributed by atoms with van der Waals surface area (Å²) in [4.78, 5) is -0.119. The summed E-state index contributed by atoms with van der Waals surface area (Å²) < 4.78 is 41.8. The average molecular weight is 406 g/mol. The van der Waals surface area contributed by atoms with E-state index in [0.717, 1.165) is 3.97 Å². The summed E-state index contributed by atoms with van der Waals surface area (Å²) >= 11 is 0. The molecule has 27 heavy (non-hydrogen) atoms. The average Bonchev–Trinajstić information content (AvgIpc) is 3.07. The second-order valence-electron chi connectivity index (χ2n) is 5.65. The van der Waals surface area contributed by atoms with Gasteiger partial charge in [0.2, 0.25) is 0 Å². The molecule has 0 aliphatic carbocycles. The highest BCUT2D eigenvalue weighted by molar-refractivity contribution is 7.90. The molecule has 3 rings (SSSR count). The Balaban J connectivity index is 0.00000261. The maximum atomic E-state index is 14.3. The van der Waals surface area contributed by atoms with Crippen LogP contribution in [0.2, 0.25) is 0 Å². The molecule has 0 aliphatic rings. The summed E-state index contributed by atoms with van der Waals surface area (Å²) in [5.41, 5.74) is 1.11. The first-order chi connectivity index (χ1) is 12.5. The molecule has 5 nitrogen and oxygen atoms in total. The van der Waals surface area contributed by atoms with E-state index >= 15 is 0 Å². The number of rotatable bonds is 5. The monoisotopic (exact) mass is 405 g/mol. The summed E-state index contributed by atoms with van der Waals surface area (Å²) in [5, 5.41) is 12.2. The van der Waals surface area contributed by atoms with Crippen LogP contribution in [0.4, 0.5) is 4.39 Å². The lowest BCUT2D eigenvalue weighted by molar-refractivity contribution is 0.587. The zero-order valence-corrected chi connectivity index (χ0v) is 16.0. The topological polar surface area (TPSA) is 74.9 Å². The first kappa shape index (κ1) is 20.6. The standard InChI is InChI=1S/C19H16FN3O2S.ClH/c1-22-12-14-10-18(16-7-3-4-8-17(16)20)23(13-14)26(24,25)19-9-5-2-6-15(19)11-21;/h2-10,13,22H,12H2,1H3;1H. The molecule has 3 aromatic rings. The van der Waals surface area contributed by atoms with Crippen LogP contribution in [0.3, 0.4) is 0 Å². The molecule has 0 spiro atoms. The Hall–Kier alpha value is -2.66. The molecular weight excluding hydrogens is 389 g/mol. The lowest BCUT2D eigenvalue weighted by atomic mass is 10.1. The van der Waals surface area contributed by atoms with Gasteiger partial charge in [0.05, 0.1) is 11.3 Å². The van der Waals surface area contributed by atoms with E-state index in [1.807, 2.05) is 6.07 Å². The zero-order valence-electron chi connectivity index (χ0n) is 14.4. The van der Waals surface area contributed by atoms with Gasteiger partial charge < -0.3 is 5.32 Å². The van der Waals surface area contributed by atoms with Gasteiger partial charge in [-0.1, -0.05) is 24.3 Å². The third-order valence-corrected chi connectivity index (χ3v) is 5.65. The maximum Gasteiger partial charge on any atom is 0.269 e. The number of nitriles is 1. The number of hydrogen-bond acceptors (Lipinski definition) is 4. The van der Waals surface area contributed by atoms with Crippen molar-refractivity contribution in [2.45, 2.75) is 11.4 Å². The molecule has 0 unspecified atom stereocenters. The predicted octanol–water partition coefficient (Wildman–Crippen LogP) is 3.54. The minimum Gasteiger partial charge on any atom is -0.316 e. The van der Waals surface area contributed by atoms with Crippen molar-refractivity contribution < 1.29 is 12.8 Å². The summed E-state index contributed by atoms with van der Waals surface area (Å²) in [5.74, 6) is -0.522. The first-order valence-electron chi connectivity index (χ1n) is 7.84. The van der Waals surface area contributed by atoms with Crippen LogP contribution in [-0.4, -0.2) is 19.4 Å². The number of nitrogens with zero attached hydrogens (tertiary/aromatic N) is 2. The van der Waals surface area contributed by atoms with Crippen molar-refractivity contribution in [2.24, 2.45) is 0 Å². The van der Waals surface area contributed by atoms with Gasteiger partial charge >= 0.3 is 0 Å². The van der Waals surface area contributed by atoms with Crippen LogP contribution in [-0.2, 0) is 16.6 Å². The molecule has 0 saturated carbocycles. The fourth-order valence-electron chi connectivity index (χ4n) is 2.75. The number of nitrogens with one attached hydrogen (secondary N) is 1. The molecule has 140 valence electrons. The molecule has 0 bridgehead atoms. The maximum absolute atomic E-state index is 14.3. The van der Waals surface area contributed by atoms with Crippen molar-refractivity contribution in [3.8, 4) is 17.3 Å². The molecule has 1 aromatic heterocycles. The molecule has 1 N–H and O–H groups in total. The van der Waals surface area contributed by atoms with Crippen LogP contribution in [0.1, 0.15) is 11.1 Å². The van der Waals surface area contributed by atoms with Crippen LogP contribution in [0.5, 0.6) is 0 Å². The van der Waals surface area contributed by atoms with E-state index in [2.05, 4.69) is 5.32 Å². The highest BCUT2D eigenvalue weighted by Crippen LogP contribution is 2.29. The van der Waals surface area contributed by atoms with Crippen LogP contribution in [0.25, 0.3) is 11.3 Å². The summed E-state index contributed by atoms with van der Waals surface area (Å²) in [6, 6.07) is 15.5. The van der Waals surface area contributed by atoms with Gasteiger partial charge in [0.1, 0.15) is 16.8 Å². The SMILES string of the molecule is CNCc1cc(-c2ccccc2F)n(S(=O)(=O)c2ccccc2C#N)c1.Cl. The molecular formula is C19H17ClFN3O2S. The molecule has 2 aromatic carbocycles. The molecule has 8 heteroatoms. The van der Waals surface area contributed by atoms with Gasteiger partial charge in [-0.2, -0.15) is 5.26 Å². The van der Waals surface area contributed by atoms with E-state index in [0.29, 0.717) is 12.1 Å². The van der Waals surface area contributed by atoms with Crippen LogP contribution in [0.15, 0.2) is 65.7 Å². The lowest BCUT2D eigenvalue weighted by Crippen LogP contribution is -2.15. The van der Waals surface area contributed by atoms with Gasteiger partial charge in [-0.3, -0.25) is 0 Å². The van der Waals surface area contributed by atoms with E-state index in [9.17, 15) is 18.1 Å². The quantitative estimate of drug-likeness (QED) is 0.704. The van der Waals surface area contributed by atoms with Crippen LogP contribution in [0, 0.1) is 17.1 Å². The second kappa shape index (κ2) is 8.35. The van der Waals surface area contributed by atoms with Gasteiger partial charge in [-0.25, -0.2) is 16.8 Å². The van der Waals surface area contributed by atoms with E-state index in [1.165, 1.54) is 30.5 Å². The van der Waals surface area contributed by atoms with Crippen molar-refractivity contribution in [1.82, 2.24) is 9.29 Å². The first-order valence-corrected chi connectivity index (χ1v) is 9.28. The van der Waals surface area contributed by atoms with Crippen molar-refractivity contribution in [3.05, 3.63) is 77.7 Å². The Morgan fingerprint density at radius 3 is 2.48 bits per heavy atom. The molecule has 0 atom stereocenters. The highest BCUT2D eigenvalue weighted by Gasteiger charge is 2.25. The number of benzene rings is 2. The van der Waals surface area contributed by atoms with Crippen molar-refractivity contribution in [1.29, 1.82) is 5.26 Å². The van der Waals surface area contributed by atoms with Crippen molar-refractivity contribution >= 4 is 22.4 Å². The number of halogens is 2. The summed E-state index contributed by atoms with van der Waals surface area (Å²) in [6.45, 7) is 0.421. The minimum absolute atomic E-state index is 0. The summed E-state index contributed by atoms with van der Waals surface area (Å²) in [7, 11) is -2.34. The second-order valence-corrected chi connectivity index (χ2v) is 7.44. The van der Waals surface area contributed by atoms with E-state index < -0.39 is 15.8 Å². The summed E-state index contributed by atoms with van der Waals surface area (Å²) in [6.07, 6.45) is 1.45. The molecule has 0 amide bonds. The van der Waals surface area contributed by atoms with Crippen molar-refractivity contribution in [2.75, 3.05) is 7.05 Å². The van der Waals surface area contributed by atoms with Gasteiger partial charge in [0.15, 0.2) is 0 Å². The molecule has 0 aliphatic heterocycles. The Labute approximate surface area is 163 Å². The highest BCUT2D eigenvalue weighted by atomic mass is 35.5. The van der Waals surface area contributed by atoms with E-state index in [-0.39, 0.29) is 34.1 Å². The molecule has 0 fully saturated rings. The Morgan fingerprint density at radius 2 is 1.81 bits per heavy atom. The lowest BCUT2D eigenvalue weighted by Gasteiger charge is -2.12. The Bertz CT molecular complexity index is 1100. The van der Waals surface area contributed by atoms with Gasteiger partial charge in [-0.05, 0) is 42.9 Å². The largest absolute Gasteiger partial charge is 0.316 e. The van der Waals surface area contributed by atoms with Crippen LogP contribution >= 0.6 is 12.4 Å². The predicted molar refractivity (Wildman–Crippen MR) is 104 cm³/mol. The Kier molecular flexibility index (Phi) is 6.39. The smallest absolute Gasteiger partial charge is 0.269 e. The van der Waals surface area contributed by atoms with Crippen molar-refractivity contribution in [3.63, 3.8) is 0 Å². The fourth-order valence-corrected chi connectivity index (χ4v) is 4.29. The minimum atomic E-state index is -4.08. The van der Waals surface area contributed by atoms with Gasteiger partial charge in [0.25, 0.3) is 10.0 Å². The fraction of sp³-hybridized carbons (Fsp3) is 0.105. The van der Waals surface area contributed by atoms with E-state index in [1.54, 1.807) is 37.4 Å². The van der Waals surface area contributed by atoms with E-state index in [4.69, 9.17) is 0 Å².